The Kier molecular flexibility index (Phi) is 4.81. The highest BCUT2D eigenvalue weighted by atomic mass is 79.9. The summed E-state index contributed by atoms with van der Waals surface area (Å²) >= 11 is 8.65. The predicted molar refractivity (Wildman–Crippen MR) is 82.7 cm³/mol. The summed E-state index contributed by atoms with van der Waals surface area (Å²) in [6.45, 7) is 4.64. The lowest BCUT2D eigenvalue weighted by atomic mass is 10.2. The molecule has 0 atom stereocenters. The number of benzene rings is 1. The van der Waals surface area contributed by atoms with Crippen LogP contribution in [0.15, 0.2) is 22.7 Å². The van der Waals surface area contributed by atoms with Crippen LogP contribution >= 0.6 is 43.2 Å². The summed E-state index contributed by atoms with van der Waals surface area (Å²) in [4.78, 5) is 5.72. The van der Waals surface area contributed by atoms with Crippen molar-refractivity contribution in [1.82, 2.24) is 4.98 Å². The fraction of sp³-hybridized carbons (Fsp3) is 0.308. The molecule has 1 aromatic heterocycles. The van der Waals surface area contributed by atoms with Gasteiger partial charge in [0.1, 0.15) is 17.4 Å². The van der Waals surface area contributed by atoms with E-state index in [9.17, 15) is 0 Å². The van der Waals surface area contributed by atoms with Gasteiger partial charge in [0.15, 0.2) is 0 Å². The van der Waals surface area contributed by atoms with E-state index in [2.05, 4.69) is 43.8 Å². The lowest BCUT2D eigenvalue weighted by Gasteiger charge is -2.07. The molecule has 0 amide bonds. The van der Waals surface area contributed by atoms with Crippen molar-refractivity contribution in [2.75, 3.05) is 0 Å². The van der Waals surface area contributed by atoms with Gasteiger partial charge < -0.3 is 4.74 Å². The molecule has 96 valence electrons. The van der Waals surface area contributed by atoms with Crippen LogP contribution in [0.2, 0.25) is 0 Å². The molecular weight excluding hydrogens is 378 g/mol. The highest BCUT2D eigenvalue weighted by Crippen LogP contribution is 2.25. The number of rotatable bonds is 4. The van der Waals surface area contributed by atoms with E-state index in [1.54, 1.807) is 11.3 Å². The van der Waals surface area contributed by atoms with Crippen LogP contribution in [0.3, 0.4) is 0 Å². The molecule has 5 heteroatoms. The molecule has 0 saturated heterocycles. The van der Waals surface area contributed by atoms with Gasteiger partial charge in [-0.3, -0.25) is 0 Å². The lowest BCUT2D eigenvalue weighted by Crippen LogP contribution is -1.95. The van der Waals surface area contributed by atoms with E-state index >= 15 is 0 Å². The average molecular weight is 391 g/mol. The first-order chi connectivity index (χ1) is 8.60. The Morgan fingerprint density at radius 3 is 2.72 bits per heavy atom. The number of thiazole rings is 1. The molecule has 0 aliphatic carbocycles. The molecule has 2 nitrogen and oxygen atoms in total. The quantitative estimate of drug-likeness (QED) is 0.685. The smallest absolute Gasteiger partial charge is 0.140 e. The summed E-state index contributed by atoms with van der Waals surface area (Å²) in [5.74, 6) is 0.873. The van der Waals surface area contributed by atoms with E-state index in [1.165, 1.54) is 10.4 Å². The zero-order chi connectivity index (χ0) is 13.1. The van der Waals surface area contributed by atoms with Crippen LogP contribution in [0.1, 0.15) is 21.1 Å². The molecule has 0 spiro atoms. The number of aromatic nitrogens is 1. The summed E-state index contributed by atoms with van der Waals surface area (Å²) < 4.78 is 6.85. The number of alkyl halides is 1. The average Bonchev–Trinajstić information content (AvgIpc) is 2.68. The van der Waals surface area contributed by atoms with Crippen molar-refractivity contribution in [3.05, 3.63) is 43.8 Å². The molecule has 1 heterocycles. The molecule has 0 radical (unpaired) electrons. The van der Waals surface area contributed by atoms with Crippen LogP contribution in [0.4, 0.5) is 0 Å². The van der Waals surface area contributed by atoms with Gasteiger partial charge in [-0.2, -0.15) is 0 Å². The molecule has 2 aromatic rings. The third-order valence-electron chi connectivity index (χ3n) is 2.60. The number of aryl methyl sites for hydroxylation is 2. The standard InChI is InChI=1S/C13H13Br2NOS/c1-8-9(2)18-13(16-8)7-17-11-3-4-12(15)10(5-11)6-14/h3-5H,6-7H2,1-2H3. The Labute approximate surface area is 128 Å². The maximum absolute atomic E-state index is 5.76. The van der Waals surface area contributed by atoms with Crippen molar-refractivity contribution < 1.29 is 4.74 Å². The first-order valence-electron chi connectivity index (χ1n) is 5.50. The molecule has 18 heavy (non-hydrogen) atoms. The molecule has 1 aromatic carbocycles. The van der Waals surface area contributed by atoms with Gasteiger partial charge in [0.05, 0.1) is 5.69 Å². The summed E-state index contributed by atoms with van der Waals surface area (Å²) in [6.07, 6.45) is 0. The largest absolute Gasteiger partial charge is 0.486 e. The predicted octanol–water partition coefficient (Wildman–Crippen LogP) is 5.00. The number of nitrogens with zero attached hydrogens (tertiary/aromatic N) is 1. The molecular formula is C13H13Br2NOS. The Balaban J connectivity index is 2.06. The summed E-state index contributed by atoms with van der Waals surface area (Å²) in [7, 11) is 0. The van der Waals surface area contributed by atoms with Crippen LogP contribution in [-0.2, 0) is 11.9 Å². The van der Waals surface area contributed by atoms with Crippen LogP contribution in [0.25, 0.3) is 0 Å². The zero-order valence-electron chi connectivity index (χ0n) is 10.2. The van der Waals surface area contributed by atoms with E-state index in [4.69, 9.17) is 4.74 Å². The third-order valence-corrected chi connectivity index (χ3v) is 5.02. The summed E-state index contributed by atoms with van der Waals surface area (Å²) in [6, 6.07) is 6.00. The fourth-order valence-electron chi connectivity index (χ4n) is 1.49. The molecule has 0 unspecified atom stereocenters. The number of hydrogen-bond acceptors (Lipinski definition) is 3. The molecule has 0 bridgehead atoms. The number of hydrogen-bond donors (Lipinski definition) is 0. The molecule has 0 aliphatic heterocycles. The van der Waals surface area contributed by atoms with E-state index in [-0.39, 0.29) is 0 Å². The number of halogens is 2. The lowest BCUT2D eigenvalue weighted by molar-refractivity contribution is 0.305. The molecule has 2 rings (SSSR count). The third kappa shape index (κ3) is 3.33. The minimum atomic E-state index is 0.530. The van der Waals surface area contributed by atoms with E-state index < -0.39 is 0 Å². The summed E-state index contributed by atoms with van der Waals surface area (Å²) in [5, 5.41) is 1.83. The van der Waals surface area contributed by atoms with Crippen molar-refractivity contribution in [3.8, 4) is 5.75 Å². The molecule has 0 fully saturated rings. The van der Waals surface area contributed by atoms with Crippen LogP contribution in [0, 0.1) is 13.8 Å². The van der Waals surface area contributed by atoms with Gasteiger partial charge in [0.2, 0.25) is 0 Å². The topological polar surface area (TPSA) is 22.1 Å². The van der Waals surface area contributed by atoms with Gasteiger partial charge in [0, 0.05) is 14.7 Å². The van der Waals surface area contributed by atoms with Crippen molar-refractivity contribution in [2.45, 2.75) is 25.8 Å². The second-order valence-corrected chi connectivity index (χ2v) is 6.63. The summed E-state index contributed by atoms with van der Waals surface area (Å²) in [5.41, 5.74) is 2.27. The van der Waals surface area contributed by atoms with Gasteiger partial charge >= 0.3 is 0 Å². The normalized spacial score (nSPS) is 10.7. The molecule has 0 saturated carbocycles. The van der Waals surface area contributed by atoms with Crippen molar-refractivity contribution in [1.29, 1.82) is 0 Å². The monoisotopic (exact) mass is 389 g/mol. The highest BCUT2D eigenvalue weighted by molar-refractivity contribution is 9.10. The van der Waals surface area contributed by atoms with Crippen LogP contribution in [0.5, 0.6) is 5.75 Å². The maximum atomic E-state index is 5.76. The van der Waals surface area contributed by atoms with E-state index in [1.807, 2.05) is 25.1 Å². The van der Waals surface area contributed by atoms with Crippen LogP contribution in [-0.4, -0.2) is 4.98 Å². The number of ether oxygens (including phenoxy) is 1. The van der Waals surface area contributed by atoms with Gasteiger partial charge in [-0.05, 0) is 37.6 Å². The Morgan fingerprint density at radius 2 is 2.11 bits per heavy atom. The van der Waals surface area contributed by atoms with Crippen molar-refractivity contribution in [2.24, 2.45) is 0 Å². The second kappa shape index (κ2) is 6.17. The second-order valence-electron chi connectivity index (χ2n) is 3.92. The molecule has 0 aliphatic rings. The fourth-order valence-corrected chi connectivity index (χ4v) is 3.56. The van der Waals surface area contributed by atoms with Crippen molar-refractivity contribution >= 4 is 43.2 Å². The van der Waals surface area contributed by atoms with Crippen molar-refractivity contribution in [3.63, 3.8) is 0 Å². The maximum Gasteiger partial charge on any atom is 0.140 e. The first-order valence-corrected chi connectivity index (χ1v) is 8.23. The van der Waals surface area contributed by atoms with Crippen LogP contribution < -0.4 is 4.74 Å². The zero-order valence-corrected chi connectivity index (χ0v) is 14.2. The Hall–Kier alpha value is -0.390. The minimum Gasteiger partial charge on any atom is -0.486 e. The Bertz CT molecular complexity index is 534. The van der Waals surface area contributed by atoms with Gasteiger partial charge in [0.25, 0.3) is 0 Å². The first kappa shape index (κ1) is 14.0. The van der Waals surface area contributed by atoms with Gasteiger partial charge in [-0.25, -0.2) is 4.98 Å². The minimum absolute atomic E-state index is 0.530. The van der Waals surface area contributed by atoms with E-state index in [0.717, 1.165) is 26.3 Å². The Morgan fingerprint density at radius 1 is 1.33 bits per heavy atom. The van der Waals surface area contributed by atoms with Gasteiger partial charge in [-0.1, -0.05) is 31.9 Å². The SMILES string of the molecule is Cc1nc(COc2ccc(Br)c(CBr)c2)sc1C. The molecule has 0 N–H and O–H groups in total. The van der Waals surface area contributed by atoms with E-state index in [0.29, 0.717) is 6.61 Å². The van der Waals surface area contributed by atoms with Gasteiger partial charge in [-0.15, -0.1) is 11.3 Å². The highest BCUT2D eigenvalue weighted by Gasteiger charge is 2.05.